The van der Waals surface area contributed by atoms with Gasteiger partial charge in [0.1, 0.15) is 0 Å². The number of carbonyl (C=O) groups is 1. The van der Waals surface area contributed by atoms with Crippen molar-refractivity contribution in [2.45, 2.75) is 33.0 Å². The summed E-state index contributed by atoms with van der Waals surface area (Å²) in [6.45, 7) is 4.14. The van der Waals surface area contributed by atoms with Gasteiger partial charge in [0.05, 0.1) is 18.6 Å². The summed E-state index contributed by atoms with van der Waals surface area (Å²) in [5.74, 6) is -1.12. The highest BCUT2D eigenvalue weighted by molar-refractivity contribution is 5.69. The second-order valence-electron chi connectivity index (χ2n) is 4.08. The van der Waals surface area contributed by atoms with Crippen LogP contribution < -0.4 is 0 Å². The molecule has 16 heavy (non-hydrogen) atoms. The van der Waals surface area contributed by atoms with Crippen molar-refractivity contribution < 1.29 is 14.6 Å². The zero-order chi connectivity index (χ0) is 12.0. The minimum Gasteiger partial charge on any atom is -0.481 e. The summed E-state index contributed by atoms with van der Waals surface area (Å²) in [6, 6.07) is 9.87. The molecule has 1 N–H and O–H groups in total. The highest BCUT2D eigenvalue weighted by Crippen LogP contribution is 2.11. The summed E-state index contributed by atoms with van der Waals surface area (Å²) < 4.78 is 5.59. The van der Waals surface area contributed by atoms with Gasteiger partial charge in [0.2, 0.25) is 0 Å². The van der Waals surface area contributed by atoms with Gasteiger partial charge in [-0.3, -0.25) is 4.79 Å². The van der Waals surface area contributed by atoms with E-state index in [1.165, 1.54) is 0 Å². The Morgan fingerprint density at radius 3 is 2.50 bits per heavy atom. The van der Waals surface area contributed by atoms with Crippen molar-refractivity contribution in [1.29, 1.82) is 0 Å². The highest BCUT2D eigenvalue weighted by atomic mass is 16.5. The van der Waals surface area contributed by atoms with Crippen molar-refractivity contribution in [2.75, 3.05) is 0 Å². The Morgan fingerprint density at radius 1 is 1.31 bits per heavy atom. The smallest absolute Gasteiger partial charge is 0.306 e. The molecule has 3 heteroatoms. The van der Waals surface area contributed by atoms with Gasteiger partial charge in [0.15, 0.2) is 0 Å². The zero-order valence-electron chi connectivity index (χ0n) is 9.72. The van der Waals surface area contributed by atoms with Crippen LogP contribution in [0.4, 0.5) is 0 Å². The molecule has 0 saturated carbocycles. The van der Waals surface area contributed by atoms with Gasteiger partial charge in [-0.1, -0.05) is 37.3 Å². The normalized spacial score (nSPS) is 14.4. The Morgan fingerprint density at radius 2 is 1.94 bits per heavy atom. The van der Waals surface area contributed by atoms with E-state index in [1.54, 1.807) is 6.92 Å². The van der Waals surface area contributed by atoms with Gasteiger partial charge in [-0.15, -0.1) is 0 Å². The molecule has 88 valence electrons. The largest absolute Gasteiger partial charge is 0.481 e. The number of aliphatic carboxylic acids is 1. The number of ether oxygens (including phenoxy) is 1. The van der Waals surface area contributed by atoms with Crippen LogP contribution >= 0.6 is 0 Å². The minimum absolute atomic E-state index is 0.0358. The van der Waals surface area contributed by atoms with E-state index in [-0.39, 0.29) is 12.0 Å². The second-order valence-corrected chi connectivity index (χ2v) is 4.08. The predicted molar refractivity (Wildman–Crippen MR) is 62.1 cm³/mol. The molecule has 0 bridgehead atoms. The van der Waals surface area contributed by atoms with Crippen molar-refractivity contribution in [3.05, 3.63) is 35.9 Å². The van der Waals surface area contributed by atoms with Gasteiger partial charge in [0, 0.05) is 0 Å². The van der Waals surface area contributed by atoms with E-state index in [1.807, 2.05) is 37.3 Å². The fourth-order valence-electron chi connectivity index (χ4n) is 1.48. The van der Waals surface area contributed by atoms with Gasteiger partial charge < -0.3 is 9.84 Å². The van der Waals surface area contributed by atoms with Crippen molar-refractivity contribution in [2.24, 2.45) is 5.92 Å². The van der Waals surface area contributed by atoms with E-state index in [0.717, 1.165) is 5.56 Å². The molecule has 0 aliphatic heterocycles. The number of rotatable bonds is 6. The number of hydrogen-bond donors (Lipinski definition) is 1. The Hall–Kier alpha value is -1.35. The van der Waals surface area contributed by atoms with E-state index in [4.69, 9.17) is 9.84 Å². The summed E-state index contributed by atoms with van der Waals surface area (Å²) in [6.07, 6.45) is 0.508. The lowest BCUT2D eigenvalue weighted by Crippen LogP contribution is -2.18. The topological polar surface area (TPSA) is 46.5 Å². The lowest BCUT2D eigenvalue weighted by molar-refractivity contribution is -0.142. The summed E-state index contributed by atoms with van der Waals surface area (Å²) >= 11 is 0. The summed E-state index contributed by atoms with van der Waals surface area (Å²) in [7, 11) is 0. The first kappa shape index (κ1) is 12.7. The van der Waals surface area contributed by atoms with E-state index >= 15 is 0 Å². The number of carboxylic acids is 1. The molecule has 0 spiro atoms. The molecule has 0 amide bonds. The fourth-order valence-corrected chi connectivity index (χ4v) is 1.48. The molecule has 0 saturated heterocycles. The van der Waals surface area contributed by atoms with E-state index in [9.17, 15) is 4.79 Å². The standard InChI is InChI=1S/C13H18O3/c1-10(13(14)15)8-11(2)16-9-12-6-4-3-5-7-12/h3-7,10-11H,8-9H2,1-2H3,(H,14,15)/t10-,11-/m0/s1. The predicted octanol–water partition coefficient (Wildman–Crippen LogP) is 2.70. The third-order valence-corrected chi connectivity index (χ3v) is 2.48. The van der Waals surface area contributed by atoms with Crippen molar-refractivity contribution in [3.8, 4) is 0 Å². The van der Waals surface area contributed by atoms with E-state index < -0.39 is 5.97 Å². The first-order valence-electron chi connectivity index (χ1n) is 5.48. The van der Waals surface area contributed by atoms with Gasteiger partial charge in [-0.05, 0) is 18.9 Å². The average molecular weight is 222 g/mol. The van der Waals surface area contributed by atoms with Crippen LogP contribution in [-0.2, 0) is 16.1 Å². The Bertz CT molecular complexity index is 321. The maximum atomic E-state index is 10.7. The van der Waals surface area contributed by atoms with Crippen LogP contribution in [0.3, 0.4) is 0 Å². The molecule has 1 rings (SSSR count). The molecule has 0 aliphatic carbocycles. The lowest BCUT2D eigenvalue weighted by Gasteiger charge is -2.15. The first-order valence-corrected chi connectivity index (χ1v) is 5.48. The maximum Gasteiger partial charge on any atom is 0.306 e. The van der Waals surface area contributed by atoms with E-state index in [2.05, 4.69) is 0 Å². The molecular formula is C13H18O3. The third kappa shape index (κ3) is 4.45. The van der Waals surface area contributed by atoms with Crippen LogP contribution in [0.5, 0.6) is 0 Å². The Labute approximate surface area is 96.1 Å². The molecule has 0 fully saturated rings. The minimum atomic E-state index is -0.768. The van der Waals surface area contributed by atoms with Gasteiger partial charge in [-0.2, -0.15) is 0 Å². The SMILES string of the molecule is C[C@@H](C[C@H](C)C(=O)O)OCc1ccccc1. The fraction of sp³-hybridized carbons (Fsp3) is 0.462. The van der Waals surface area contributed by atoms with Crippen LogP contribution in [0, 0.1) is 5.92 Å². The van der Waals surface area contributed by atoms with Crippen molar-refractivity contribution in [3.63, 3.8) is 0 Å². The molecule has 3 nitrogen and oxygen atoms in total. The monoisotopic (exact) mass is 222 g/mol. The summed E-state index contributed by atoms with van der Waals surface area (Å²) in [5.41, 5.74) is 1.11. The quantitative estimate of drug-likeness (QED) is 0.805. The Balaban J connectivity index is 2.30. The number of hydrogen-bond acceptors (Lipinski definition) is 2. The molecule has 2 atom stereocenters. The molecule has 0 unspecified atom stereocenters. The highest BCUT2D eigenvalue weighted by Gasteiger charge is 2.15. The van der Waals surface area contributed by atoms with Crippen molar-refractivity contribution in [1.82, 2.24) is 0 Å². The lowest BCUT2D eigenvalue weighted by atomic mass is 10.1. The van der Waals surface area contributed by atoms with Crippen LogP contribution in [0.25, 0.3) is 0 Å². The molecule has 0 aliphatic rings. The third-order valence-electron chi connectivity index (χ3n) is 2.48. The molecule has 0 aromatic heterocycles. The zero-order valence-corrected chi connectivity index (χ0v) is 9.72. The van der Waals surface area contributed by atoms with Gasteiger partial charge >= 0.3 is 5.97 Å². The van der Waals surface area contributed by atoms with E-state index in [0.29, 0.717) is 13.0 Å². The molecule has 0 heterocycles. The van der Waals surface area contributed by atoms with Gasteiger partial charge in [-0.25, -0.2) is 0 Å². The molecule has 1 aromatic rings. The molecule has 1 aromatic carbocycles. The summed E-state index contributed by atoms with van der Waals surface area (Å²) in [5, 5.41) is 8.76. The molecular weight excluding hydrogens is 204 g/mol. The number of carboxylic acid groups (broad SMARTS) is 1. The van der Waals surface area contributed by atoms with Crippen LogP contribution in [0.15, 0.2) is 30.3 Å². The first-order chi connectivity index (χ1) is 7.59. The number of benzene rings is 1. The van der Waals surface area contributed by atoms with Crippen molar-refractivity contribution >= 4 is 5.97 Å². The summed E-state index contributed by atoms with van der Waals surface area (Å²) in [4.78, 5) is 10.7. The van der Waals surface area contributed by atoms with Crippen LogP contribution in [-0.4, -0.2) is 17.2 Å². The molecule has 0 radical (unpaired) electrons. The maximum absolute atomic E-state index is 10.7. The van der Waals surface area contributed by atoms with Crippen LogP contribution in [0.2, 0.25) is 0 Å². The van der Waals surface area contributed by atoms with Crippen LogP contribution in [0.1, 0.15) is 25.8 Å². The average Bonchev–Trinajstić information content (AvgIpc) is 2.27. The van der Waals surface area contributed by atoms with Gasteiger partial charge in [0.25, 0.3) is 0 Å². The Kier molecular flexibility index (Phi) is 4.99. The second kappa shape index (κ2) is 6.28.